The monoisotopic (exact) mass is 478 g/mol. The highest BCUT2D eigenvalue weighted by molar-refractivity contribution is 5.89. The van der Waals surface area contributed by atoms with E-state index in [1.165, 1.54) is 0 Å². The minimum Gasteiger partial charge on any atom is -0.459 e. The van der Waals surface area contributed by atoms with Crippen LogP contribution in [0.3, 0.4) is 0 Å². The molecular formula is C27H26O8. The lowest BCUT2D eigenvalue weighted by molar-refractivity contribution is -0.310. The molecule has 1 heterocycles. The summed E-state index contributed by atoms with van der Waals surface area (Å²) in [6, 6.07) is 25.8. The van der Waals surface area contributed by atoms with Crippen molar-refractivity contribution in [3.63, 3.8) is 0 Å². The third kappa shape index (κ3) is 6.32. The van der Waals surface area contributed by atoms with E-state index in [0.717, 1.165) is 0 Å². The summed E-state index contributed by atoms with van der Waals surface area (Å²) in [6.07, 6.45) is -5.82. The average molecular weight is 478 g/mol. The van der Waals surface area contributed by atoms with E-state index in [0.29, 0.717) is 16.7 Å². The van der Waals surface area contributed by atoms with Gasteiger partial charge in [0.25, 0.3) is 0 Å². The van der Waals surface area contributed by atoms with Gasteiger partial charge in [-0.3, -0.25) is 0 Å². The Morgan fingerprint density at radius 1 is 0.771 bits per heavy atom. The summed E-state index contributed by atoms with van der Waals surface area (Å²) in [4.78, 5) is 24.6. The molecule has 0 amide bonds. The van der Waals surface area contributed by atoms with E-state index in [1.54, 1.807) is 84.9 Å². The highest BCUT2D eigenvalue weighted by Gasteiger charge is 2.43. The third-order valence-corrected chi connectivity index (χ3v) is 5.53. The van der Waals surface area contributed by atoms with Gasteiger partial charge in [0.1, 0.15) is 37.6 Å². The lowest BCUT2D eigenvalue weighted by Crippen LogP contribution is -2.55. The minimum atomic E-state index is -1.36. The van der Waals surface area contributed by atoms with Crippen LogP contribution in [0.5, 0.6) is 0 Å². The van der Waals surface area contributed by atoms with Gasteiger partial charge in [0.2, 0.25) is 0 Å². The molecule has 182 valence electrons. The number of esters is 2. The minimum absolute atomic E-state index is 0.269. The van der Waals surface area contributed by atoms with Crippen molar-refractivity contribution in [2.24, 2.45) is 0 Å². The van der Waals surface area contributed by atoms with Crippen LogP contribution in [0.4, 0.5) is 0 Å². The van der Waals surface area contributed by atoms with Crippen LogP contribution in [0, 0.1) is 0 Å². The van der Waals surface area contributed by atoms with E-state index in [-0.39, 0.29) is 6.61 Å². The zero-order valence-corrected chi connectivity index (χ0v) is 18.8. The number of aliphatic hydroxyl groups is 2. The maximum atomic E-state index is 12.4. The molecule has 5 atom stereocenters. The molecule has 1 saturated heterocycles. The predicted molar refractivity (Wildman–Crippen MR) is 124 cm³/mol. The van der Waals surface area contributed by atoms with Gasteiger partial charge in [0.05, 0.1) is 11.1 Å². The van der Waals surface area contributed by atoms with Gasteiger partial charge >= 0.3 is 11.9 Å². The van der Waals surface area contributed by atoms with E-state index >= 15 is 0 Å². The number of hydrogen-bond acceptors (Lipinski definition) is 8. The first kappa shape index (κ1) is 24.6. The molecule has 2 N–H and O–H groups in total. The van der Waals surface area contributed by atoms with Crippen LogP contribution in [0.2, 0.25) is 0 Å². The number of ether oxygens (including phenoxy) is 4. The van der Waals surface area contributed by atoms with E-state index in [4.69, 9.17) is 18.9 Å². The first-order valence-electron chi connectivity index (χ1n) is 11.2. The topological polar surface area (TPSA) is 112 Å². The highest BCUT2D eigenvalue weighted by atomic mass is 16.7. The van der Waals surface area contributed by atoms with Crippen molar-refractivity contribution in [1.82, 2.24) is 0 Å². The Balaban J connectivity index is 1.44. The van der Waals surface area contributed by atoms with E-state index in [9.17, 15) is 19.8 Å². The fourth-order valence-corrected chi connectivity index (χ4v) is 3.66. The molecular weight excluding hydrogens is 452 g/mol. The van der Waals surface area contributed by atoms with Gasteiger partial charge in [-0.15, -0.1) is 0 Å². The van der Waals surface area contributed by atoms with Gasteiger partial charge in [0.15, 0.2) is 6.29 Å². The van der Waals surface area contributed by atoms with Gasteiger partial charge in [-0.1, -0.05) is 66.7 Å². The number of hydrogen-bond donors (Lipinski definition) is 2. The van der Waals surface area contributed by atoms with Crippen LogP contribution in [-0.4, -0.2) is 59.8 Å². The van der Waals surface area contributed by atoms with Gasteiger partial charge in [-0.05, 0) is 24.3 Å². The van der Waals surface area contributed by atoms with Crippen LogP contribution in [0.15, 0.2) is 91.0 Å². The fourth-order valence-electron chi connectivity index (χ4n) is 3.66. The number of aliphatic hydroxyl groups excluding tert-OH is 2. The average Bonchev–Trinajstić information content (AvgIpc) is 2.92. The Hall–Kier alpha value is -3.56. The third-order valence-electron chi connectivity index (χ3n) is 5.53. The number of benzene rings is 3. The van der Waals surface area contributed by atoms with Gasteiger partial charge in [0, 0.05) is 5.56 Å². The van der Waals surface area contributed by atoms with Gasteiger partial charge in [-0.25, -0.2) is 9.59 Å². The van der Waals surface area contributed by atoms with Crippen molar-refractivity contribution in [3.05, 3.63) is 108 Å². The maximum Gasteiger partial charge on any atom is 0.338 e. The second kappa shape index (κ2) is 11.7. The van der Waals surface area contributed by atoms with Crippen molar-refractivity contribution >= 4 is 11.9 Å². The van der Waals surface area contributed by atoms with Crippen molar-refractivity contribution in [1.29, 1.82) is 0 Å². The van der Waals surface area contributed by atoms with Crippen LogP contribution in [0.1, 0.15) is 32.6 Å². The number of carbonyl (C=O) groups excluding carboxylic acids is 2. The van der Waals surface area contributed by atoms with Crippen molar-refractivity contribution in [2.75, 3.05) is 13.2 Å². The summed E-state index contributed by atoms with van der Waals surface area (Å²) < 4.78 is 22.3. The zero-order chi connectivity index (χ0) is 24.6. The van der Waals surface area contributed by atoms with E-state index < -0.39 is 49.3 Å². The second-order valence-corrected chi connectivity index (χ2v) is 8.00. The molecule has 0 spiro atoms. The molecule has 0 aliphatic carbocycles. The molecule has 0 bridgehead atoms. The largest absolute Gasteiger partial charge is 0.459 e. The Morgan fingerprint density at radius 3 is 1.86 bits per heavy atom. The summed E-state index contributed by atoms with van der Waals surface area (Å²) in [5, 5.41) is 21.6. The smallest absolute Gasteiger partial charge is 0.338 e. The van der Waals surface area contributed by atoms with Crippen molar-refractivity contribution in [3.8, 4) is 0 Å². The quantitative estimate of drug-likeness (QED) is 0.476. The number of carbonyl (C=O) groups is 2. The summed E-state index contributed by atoms with van der Waals surface area (Å²) in [6.45, 7) is -0.678. The number of rotatable bonds is 8. The lowest BCUT2D eigenvalue weighted by atomic mass is 10.0. The highest BCUT2D eigenvalue weighted by Crippen LogP contribution is 2.32. The molecule has 1 aliphatic rings. The Bertz CT molecular complexity index is 1090. The summed E-state index contributed by atoms with van der Waals surface area (Å²) in [5.41, 5.74) is 1.34. The van der Waals surface area contributed by atoms with Crippen molar-refractivity contribution in [2.45, 2.75) is 30.7 Å². The molecule has 8 nitrogen and oxygen atoms in total. The molecule has 3 aromatic rings. The second-order valence-electron chi connectivity index (χ2n) is 8.00. The van der Waals surface area contributed by atoms with Gasteiger partial charge in [-0.2, -0.15) is 0 Å². The SMILES string of the molecule is O=C(OC[C@@H](O)[C@H]1OC(c2ccccc2)O[C@@H](COC(=O)c2ccccc2)[C@H]1O)c1ccccc1. The van der Waals surface area contributed by atoms with Gasteiger partial charge < -0.3 is 29.2 Å². The standard InChI is InChI=1S/C27H26O8/c28-21(16-32-25(30)18-10-4-1-5-11-18)24-23(29)22(17-33-26(31)19-12-6-2-7-13-19)34-27(35-24)20-14-8-3-9-15-20/h1-15,21-24,27-29H,16-17H2/t21-,22+,23-,24-,27?/m1/s1. The Labute approximate surface area is 202 Å². The molecule has 4 rings (SSSR count). The van der Waals surface area contributed by atoms with Crippen LogP contribution in [0.25, 0.3) is 0 Å². The van der Waals surface area contributed by atoms with Crippen LogP contribution < -0.4 is 0 Å². The molecule has 1 unspecified atom stereocenters. The molecule has 3 aromatic carbocycles. The lowest BCUT2D eigenvalue weighted by Gasteiger charge is -2.41. The Morgan fingerprint density at radius 2 is 1.29 bits per heavy atom. The first-order chi connectivity index (χ1) is 17.0. The molecule has 1 fully saturated rings. The maximum absolute atomic E-state index is 12.4. The van der Waals surface area contributed by atoms with E-state index in [2.05, 4.69) is 0 Å². The Kier molecular flexibility index (Phi) is 8.23. The van der Waals surface area contributed by atoms with Crippen LogP contribution >= 0.6 is 0 Å². The first-order valence-corrected chi connectivity index (χ1v) is 11.2. The predicted octanol–water partition coefficient (Wildman–Crippen LogP) is 2.91. The van der Waals surface area contributed by atoms with E-state index in [1.807, 2.05) is 6.07 Å². The fraction of sp³-hybridized carbons (Fsp3) is 0.259. The molecule has 0 aromatic heterocycles. The van der Waals surface area contributed by atoms with Crippen molar-refractivity contribution < 1.29 is 38.7 Å². The zero-order valence-electron chi connectivity index (χ0n) is 18.8. The summed E-state index contributed by atoms with van der Waals surface area (Å²) >= 11 is 0. The molecule has 8 heteroatoms. The molecule has 0 saturated carbocycles. The molecule has 1 aliphatic heterocycles. The molecule has 35 heavy (non-hydrogen) atoms. The summed E-state index contributed by atoms with van der Waals surface area (Å²) in [7, 11) is 0. The normalized spacial score (nSPS) is 22.7. The van der Waals surface area contributed by atoms with Crippen LogP contribution in [-0.2, 0) is 18.9 Å². The summed E-state index contributed by atoms with van der Waals surface area (Å²) in [5.74, 6) is -1.18. The molecule has 0 radical (unpaired) electrons.